The number of anilines is 4. The highest BCUT2D eigenvalue weighted by molar-refractivity contribution is 5.70. The van der Waals surface area contributed by atoms with Crippen molar-refractivity contribution in [3.63, 3.8) is 0 Å². The number of rotatable bonds is 3. The molecule has 4 rings (SSSR count). The van der Waals surface area contributed by atoms with Crippen LogP contribution in [0.1, 0.15) is 23.6 Å². The predicted molar refractivity (Wildman–Crippen MR) is 103 cm³/mol. The SMILES string of the molecule is Cc1cccc(C)c1Nc1nccc(N2c3ccccc3CC2C)n1. The maximum Gasteiger partial charge on any atom is 0.229 e. The molecular formula is C21H22N4. The molecule has 4 heteroatoms. The van der Waals surface area contributed by atoms with Crippen LogP contribution in [0.3, 0.4) is 0 Å². The Balaban J connectivity index is 1.69. The quantitative estimate of drug-likeness (QED) is 0.740. The fourth-order valence-electron chi connectivity index (χ4n) is 3.58. The standard InChI is InChI=1S/C21H22N4/c1-14-7-6-8-15(2)20(14)24-21-22-12-11-19(23-21)25-16(3)13-17-9-4-5-10-18(17)25/h4-12,16H,13H2,1-3H3,(H,22,23,24). The molecule has 1 aliphatic heterocycles. The maximum absolute atomic E-state index is 4.79. The van der Waals surface area contributed by atoms with Gasteiger partial charge in [-0.05, 0) is 56.0 Å². The summed E-state index contributed by atoms with van der Waals surface area (Å²) in [7, 11) is 0. The Morgan fingerprint density at radius 3 is 2.56 bits per heavy atom. The first-order valence-corrected chi connectivity index (χ1v) is 8.67. The molecule has 0 aliphatic carbocycles. The van der Waals surface area contributed by atoms with Crippen molar-refractivity contribution in [3.05, 3.63) is 71.4 Å². The van der Waals surface area contributed by atoms with Gasteiger partial charge in [0.15, 0.2) is 0 Å². The van der Waals surface area contributed by atoms with Gasteiger partial charge in [-0.15, -0.1) is 0 Å². The third kappa shape index (κ3) is 2.84. The number of aryl methyl sites for hydroxylation is 2. The highest BCUT2D eigenvalue weighted by Gasteiger charge is 2.27. The van der Waals surface area contributed by atoms with Crippen LogP contribution in [-0.4, -0.2) is 16.0 Å². The molecule has 4 nitrogen and oxygen atoms in total. The van der Waals surface area contributed by atoms with Crippen LogP contribution in [0, 0.1) is 13.8 Å². The number of fused-ring (bicyclic) bond motifs is 1. The van der Waals surface area contributed by atoms with Crippen molar-refractivity contribution in [2.75, 3.05) is 10.2 Å². The molecule has 1 aliphatic rings. The number of aromatic nitrogens is 2. The number of hydrogen-bond acceptors (Lipinski definition) is 4. The molecule has 0 bridgehead atoms. The van der Waals surface area contributed by atoms with Gasteiger partial charge in [-0.2, -0.15) is 4.98 Å². The summed E-state index contributed by atoms with van der Waals surface area (Å²) in [5.74, 6) is 1.56. The Bertz CT molecular complexity index is 899. The average molecular weight is 330 g/mol. The highest BCUT2D eigenvalue weighted by Crippen LogP contribution is 2.37. The van der Waals surface area contributed by atoms with Gasteiger partial charge in [-0.3, -0.25) is 0 Å². The molecule has 25 heavy (non-hydrogen) atoms. The van der Waals surface area contributed by atoms with Crippen molar-refractivity contribution in [1.82, 2.24) is 9.97 Å². The zero-order chi connectivity index (χ0) is 17.4. The van der Waals surface area contributed by atoms with Gasteiger partial charge in [0.2, 0.25) is 5.95 Å². The molecule has 0 saturated heterocycles. The summed E-state index contributed by atoms with van der Waals surface area (Å²) in [6.07, 6.45) is 2.87. The molecule has 3 aromatic rings. The summed E-state index contributed by atoms with van der Waals surface area (Å²) in [6, 6.07) is 17.2. The molecule has 1 aromatic heterocycles. The lowest BCUT2D eigenvalue weighted by Crippen LogP contribution is -2.25. The van der Waals surface area contributed by atoms with Crippen LogP contribution >= 0.6 is 0 Å². The van der Waals surface area contributed by atoms with Gasteiger partial charge < -0.3 is 10.2 Å². The summed E-state index contributed by atoms with van der Waals surface area (Å²) in [5, 5.41) is 3.39. The van der Waals surface area contributed by atoms with Crippen LogP contribution in [0.4, 0.5) is 23.1 Å². The van der Waals surface area contributed by atoms with Gasteiger partial charge in [-0.25, -0.2) is 4.98 Å². The van der Waals surface area contributed by atoms with Crippen molar-refractivity contribution >= 4 is 23.1 Å². The summed E-state index contributed by atoms with van der Waals surface area (Å²) in [5.41, 5.74) is 6.07. The van der Waals surface area contributed by atoms with Gasteiger partial charge in [-0.1, -0.05) is 36.4 Å². The smallest absolute Gasteiger partial charge is 0.229 e. The zero-order valence-electron chi connectivity index (χ0n) is 14.8. The van der Waals surface area contributed by atoms with Crippen LogP contribution in [0.2, 0.25) is 0 Å². The minimum atomic E-state index is 0.389. The minimum absolute atomic E-state index is 0.389. The topological polar surface area (TPSA) is 41.1 Å². The first-order valence-electron chi connectivity index (χ1n) is 8.67. The van der Waals surface area contributed by atoms with Crippen molar-refractivity contribution in [2.24, 2.45) is 0 Å². The summed E-state index contributed by atoms with van der Waals surface area (Å²) in [6.45, 7) is 6.43. The van der Waals surface area contributed by atoms with Gasteiger partial charge in [0.1, 0.15) is 5.82 Å². The van der Waals surface area contributed by atoms with E-state index < -0.39 is 0 Å². The molecule has 126 valence electrons. The van der Waals surface area contributed by atoms with Crippen molar-refractivity contribution in [1.29, 1.82) is 0 Å². The Labute approximate surface area is 148 Å². The first kappa shape index (κ1) is 15.6. The molecule has 0 saturated carbocycles. The zero-order valence-corrected chi connectivity index (χ0v) is 14.8. The molecule has 0 fully saturated rings. The molecule has 1 atom stereocenters. The number of nitrogens with one attached hydrogen (secondary N) is 1. The lowest BCUT2D eigenvalue weighted by molar-refractivity contribution is 0.749. The first-order chi connectivity index (χ1) is 12.1. The van der Waals surface area contributed by atoms with E-state index in [0.717, 1.165) is 17.9 Å². The molecule has 0 radical (unpaired) electrons. The third-order valence-corrected chi connectivity index (χ3v) is 4.81. The summed E-state index contributed by atoms with van der Waals surface area (Å²) in [4.78, 5) is 11.5. The van der Waals surface area contributed by atoms with Crippen LogP contribution in [-0.2, 0) is 6.42 Å². The predicted octanol–water partition coefficient (Wildman–Crippen LogP) is 4.92. The normalized spacial score (nSPS) is 16.0. The Morgan fingerprint density at radius 1 is 1.00 bits per heavy atom. The molecule has 2 heterocycles. The van der Waals surface area contributed by atoms with E-state index >= 15 is 0 Å². The second kappa shape index (κ2) is 6.20. The van der Waals surface area contributed by atoms with Crippen LogP contribution < -0.4 is 10.2 Å². The van der Waals surface area contributed by atoms with E-state index in [2.05, 4.69) is 78.4 Å². The molecule has 1 N–H and O–H groups in total. The van der Waals surface area contributed by atoms with E-state index in [1.165, 1.54) is 22.4 Å². The third-order valence-electron chi connectivity index (χ3n) is 4.81. The van der Waals surface area contributed by atoms with Gasteiger partial charge in [0.25, 0.3) is 0 Å². The monoisotopic (exact) mass is 330 g/mol. The van der Waals surface area contributed by atoms with E-state index in [9.17, 15) is 0 Å². The van der Waals surface area contributed by atoms with Gasteiger partial charge in [0.05, 0.1) is 0 Å². The highest BCUT2D eigenvalue weighted by atomic mass is 15.3. The van der Waals surface area contributed by atoms with E-state index in [1.54, 1.807) is 0 Å². The molecular weight excluding hydrogens is 308 g/mol. The number of nitrogens with zero attached hydrogens (tertiary/aromatic N) is 3. The van der Waals surface area contributed by atoms with Gasteiger partial charge in [0, 0.05) is 23.6 Å². The lowest BCUT2D eigenvalue weighted by atomic mass is 10.1. The van der Waals surface area contributed by atoms with Crippen LogP contribution in [0.15, 0.2) is 54.7 Å². The number of hydrogen-bond donors (Lipinski definition) is 1. The second-order valence-corrected chi connectivity index (χ2v) is 6.68. The minimum Gasteiger partial charge on any atom is -0.324 e. The average Bonchev–Trinajstić information content (AvgIpc) is 2.94. The van der Waals surface area contributed by atoms with Crippen molar-refractivity contribution in [3.8, 4) is 0 Å². The van der Waals surface area contributed by atoms with Crippen molar-refractivity contribution < 1.29 is 0 Å². The molecule has 1 unspecified atom stereocenters. The summed E-state index contributed by atoms with van der Waals surface area (Å²) < 4.78 is 0. The van der Waals surface area contributed by atoms with E-state index in [4.69, 9.17) is 4.98 Å². The van der Waals surface area contributed by atoms with Crippen molar-refractivity contribution in [2.45, 2.75) is 33.2 Å². The number of benzene rings is 2. The van der Waals surface area contributed by atoms with E-state index in [0.29, 0.717) is 12.0 Å². The fraction of sp³-hybridized carbons (Fsp3) is 0.238. The number of para-hydroxylation sites is 2. The Hall–Kier alpha value is -2.88. The maximum atomic E-state index is 4.79. The molecule has 0 amide bonds. The Kier molecular flexibility index (Phi) is 3.88. The van der Waals surface area contributed by atoms with E-state index in [-0.39, 0.29) is 0 Å². The van der Waals surface area contributed by atoms with Crippen LogP contribution in [0.25, 0.3) is 0 Å². The Morgan fingerprint density at radius 2 is 1.76 bits per heavy atom. The lowest BCUT2D eigenvalue weighted by Gasteiger charge is -2.24. The fourth-order valence-corrected chi connectivity index (χ4v) is 3.58. The van der Waals surface area contributed by atoms with Gasteiger partial charge >= 0.3 is 0 Å². The van der Waals surface area contributed by atoms with Crippen LogP contribution in [0.5, 0.6) is 0 Å². The summed E-state index contributed by atoms with van der Waals surface area (Å²) >= 11 is 0. The molecule has 0 spiro atoms. The largest absolute Gasteiger partial charge is 0.324 e. The molecule has 2 aromatic carbocycles. The van der Waals surface area contributed by atoms with E-state index in [1.807, 2.05) is 12.3 Å². The second-order valence-electron chi connectivity index (χ2n) is 6.68.